The summed E-state index contributed by atoms with van der Waals surface area (Å²) < 4.78 is 5.07. The van der Waals surface area contributed by atoms with Crippen molar-refractivity contribution in [2.45, 2.75) is 30.6 Å². The monoisotopic (exact) mass is 412 g/mol. The number of nitro groups is 2. The van der Waals surface area contributed by atoms with Gasteiger partial charge in [-0.3, -0.25) is 30.4 Å². The second kappa shape index (κ2) is 7.47. The third kappa shape index (κ3) is 3.10. The van der Waals surface area contributed by atoms with Gasteiger partial charge in [0.1, 0.15) is 0 Å². The molecule has 0 aromatic heterocycles. The summed E-state index contributed by atoms with van der Waals surface area (Å²) in [6.45, 7) is 0.584. The Kier molecular flexibility index (Phi) is 4.96. The van der Waals surface area contributed by atoms with Gasteiger partial charge in [-0.25, -0.2) is 4.79 Å². The van der Waals surface area contributed by atoms with Crippen LogP contribution < -0.4 is 5.32 Å². The fourth-order valence-electron chi connectivity index (χ4n) is 4.63. The highest BCUT2D eigenvalue weighted by molar-refractivity contribution is 5.81. The number of fused-ring (bicyclic) bond motifs is 1. The fourth-order valence-corrected chi connectivity index (χ4v) is 4.63. The molecule has 0 aliphatic carbocycles. The van der Waals surface area contributed by atoms with E-state index in [1.807, 2.05) is 4.90 Å². The number of carbonyl (C=O) groups excluding carboxylic acids is 1. The summed E-state index contributed by atoms with van der Waals surface area (Å²) in [5.41, 5.74) is 0.0740. The first-order valence-electron chi connectivity index (χ1n) is 9.49. The molecule has 0 bridgehead atoms. The number of ether oxygens (including phenoxy) is 1. The van der Waals surface area contributed by atoms with Crippen molar-refractivity contribution in [3.8, 4) is 0 Å². The Balaban J connectivity index is 1.85. The molecule has 2 aromatic rings. The predicted octanol–water partition coefficient (Wildman–Crippen LogP) is 2.85. The van der Waals surface area contributed by atoms with Crippen molar-refractivity contribution in [2.75, 3.05) is 13.7 Å². The molecule has 2 fully saturated rings. The fraction of sp³-hybridized carbons (Fsp3) is 0.350. The SMILES string of the molecule is COC(=O)[C@@]12CCCN1[C@@H](c1cccc([N+](=O)[O-])c1)[C@@H](c1cccc([N+](=O)[O-])c1)N2. The molecule has 2 aliphatic rings. The van der Waals surface area contributed by atoms with Crippen molar-refractivity contribution in [3.63, 3.8) is 0 Å². The maximum Gasteiger partial charge on any atom is 0.341 e. The van der Waals surface area contributed by atoms with E-state index in [0.717, 1.165) is 6.42 Å². The number of rotatable bonds is 5. The number of methoxy groups -OCH3 is 1. The number of hydrogen-bond donors (Lipinski definition) is 1. The molecule has 30 heavy (non-hydrogen) atoms. The molecule has 156 valence electrons. The third-order valence-electron chi connectivity index (χ3n) is 5.86. The van der Waals surface area contributed by atoms with E-state index in [2.05, 4.69) is 5.32 Å². The zero-order valence-corrected chi connectivity index (χ0v) is 16.2. The highest BCUT2D eigenvalue weighted by atomic mass is 16.6. The van der Waals surface area contributed by atoms with Crippen LogP contribution in [0.4, 0.5) is 11.4 Å². The number of benzene rings is 2. The summed E-state index contributed by atoms with van der Waals surface area (Å²) >= 11 is 0. The molecule has 0 unspecified atom stereocenters. The summed E-state index contributed by atoms with van der Waals surface area (Å²) in [4.78, 5) is 36.4. The van der Waals surface area contributed by atoms with Gasteiger partial charge in [-0.2, -0.15) is 0 Å². The largest absolute Gasteiger partial charge is 0.467 e. The van der Waals surface area contributed by atoms with Crippen molar-refractivity contribution < 1.29 is 19.4 Å². The van der Waals surface area contributed by atoms with Gasteiger partial charge in [-0.15, -0.1) is 0 Å². The van der Waals surface area contributed by atoms with Gasteiger partial charge in [0.15, 0.2) is 5.66 Å². The van der Waals surface area contributed by atoms with E-state index in [9.17, 15) is 25.0 Å². The lowest BCUT2D eigenvalue weighted by Crippen LogP contribution is -2.54. The van der Waals surface area contributed by atoms with Crippen LogP contribution in [0, 0.1) is 20.2 Å². The first-order valence-corrected chi connectivity index (χ1v) is 9.49. The molecule has 2 aromatic carbocycles. The molecule has 2 saturated heterocycles. The van der Waals surface area contributed by atoms with E-state index >= 15 is 0 Å². The molecular weight excluding hydrogens is 392 g/mol. The van der Waals surface area contributed by atoms with Gasteiger partial charge in [0.25, 0.3) is 11.4 Å². The molecular formula is C20H20N4O6. The number of non-ortho nitro benzene ring substituents is 2. The van der Waals surface area contributed by atoms with Crippen LogP contribution in [0.2, 0.25) is 0 Å². The zero-order valence-electron chi connectivity index (χ0n) is 16.2. The minimum atomic E-state index is -1.08. The van der Waals surface area contributed by atoms with Gasteiger partial charge in [-0.05, 0) is 24.0 Å². The highest BCUT2D eigenvalue weighted by Crippen LogP contribution is 2.50. The molecule has 2 heterocycles. The smallest absolute Gasteiger partial charge is 0.341 e. The molecule has 0 radical (unpaired) electrons. The lowest BCUT2D eigenvalue weighted by molar-refractivity contribution is -0.385. The predicted molar refractivity (Wildman–Crippen MR) is 105 cm³/mol. The molecule has 1 N–H and O–H groups in total. The average molecular weight is 412 g/mol. The van der Waals surface area contributed by atoms with E-state index in [4.69, 9.17) is 4.74 Å². The van der Waals surface area contributed by atoms with Crippen LogP contribution >= 0.6 is 0 Å². The summed E-state index contributed by atoms with van der Waals surface area (Å²) in [5.74, 6) is -0.441. The molecule has 4 rings (SSSR count). The number of nitrogens with zero attached hydrogens (tertiary/aromatic N) is 3. The van der Waals surface area contributed by atoms with Crippen molar-refractivity contribution in [1.29, 1.82) is 0 Å². The first kappa shape index (κ1) is 19.9. The number of esters is 1. The number of nitro benzene ring substituents is 2. The molecule has 10 nitrogen and oxygen atoms in total. The Labute approximate surface area is 171 Å². The summed E-state index contributed by atoms with van der Waals surface area (Å²) in [6, 6.07) is 11.6. The second-order valence-electron chi connectivity index (χ2n) is 7.42. The van der Waals surface area contributed by atoms with Crippen LogP contribution in [0.15, 0.2) is 48.5 Å². The summed E-state index contributed by atoms with van der Waals surface area (Å²) in [7, 11) is 1.32. The van der Waals surface area contributed by atoms with E-state index in [-0.39, 0.29) is 11.4 Å². The van der Waals surface area contributed by atoms with Gasteiger partial charge in [0, 0.05) is 30.8 Å². The van der Waals surface area contributed by atoms with Crippen LogP contribution in [0.3, 0.4) is 0 Å². The maximum absolute atomic E-state index is 12.8. The molecule has 10 heteroatoms. The van der Waals surface area contributed by atoms with Crippen LogP contribution in [-0.4, -0.2) is 40.0 Å². The lowest BCUT2D eigenvalue weighted by atomic mass is 9.93. The van der Waals surface area contributed by atoms with Crippen LogP contribution in [0.25, 0.3) is 0 Å². The molecule has 0 spiro atoms. The van der Waals surface area contributed by atoms with Crippen molar-refractivity contribution >= 4 is 17.3 Å². The summed E-state index contributed by atoms with van der Waals surface area (Å²) in [5, 5.41) is 25.9. The van der Waals surface area contributed by atoms with E-state index in [1.165, 1.54) is 31.4 Å². The second-order valence-corrected chi connectivity index (χ2v) is 7.42. The first-order chi connectivity index (χ1) is 14.4. The van der Waals surface area contributed by atoms with Crippen molar-refractivity contribution in [2.24, 2.45) is 0 Å². The molecule has 3 atom stereocenters. The molecule has 0 saturated carbocycles. The van der Waals surface area contributed by atoms with Crippen LogP contribution in [0.1, 0.15) is 36.1 Å². The van der Waals surface area contributed by atoms with E-state index in [0.29, 0.717) is 24.1 Å². The van der Waals surface area contributed by atoms with Gasteiger partial charge >= 0.3 is 5.97 Å². The average Bonchev–Trinajstić information content (AvgIpc) is 3.30. The Morgan fingerprint density at radius 1 is 1.10 bits per heavy atom. The highest BCUT2D eigenvalue weighted by Gasteiger charge is 2.59. The van der Waals surface area contributed by atoms with Gasteiger partial charge in [0.2, 0.25) is 0 Å². The Morgan fingerprint density at radius 3 is 2.30 bits per heavy atom. The number of nitrogens with one attached hydrogen (secondary N) is 1. The van der Waals surface area contributed by atoms with E-state index < -0.39 is 33.6 Å². The van der Waals surface area contributed by atoms with E-state index in [1.54, 1.807) is 24.3 Å². The van der Waals surface area contributed by atoms with Gasteiger partial charge in [-0.1, -0.05) is 24.3 Å². The standard InChI is InChI=1S/C20H20N4O6/c1-30-19(25)20-9-4-10-22(20)18(14-6-3-8-16(12-14)24(28)29)17(21-20)13-5-2-7-15(11-13)23(26)27/h2-3,5-8,11-12,17-18,21H,4,9-10H2,1H3/t17-,18+,20-/m1/s1. The number of hydrogen-bond acceptors (Lipinski definition) is 8. The van der Waals surface area contributed by atoms with Crippen molar-refractivity contribution in [1.82, 2.24) is 10.2 Å². The topological polar surface area (TPSA) is 128 Å². The van der Waals surface area contributed by atoms with Gasteiger partial charge in [0.05, 0.1) is 29.0 Å². The summed E-state index contributed by atoms with van der Waals surface area (Å²) in [6.07, 6.45) is 1.26. The quantitative estimate of drug-likeness (QED) is 0.451. The Morgan fingerprint density at radius 2 is 1.70 bits per heavy atom. The molecule has 2 aliphatic heterocycles. The minimum absolute atomic E-state index is 0.0555. The Hall–Kier alpha value is -3.37. The third-order valence-corrected chi connectivity index (χ3v) is 5.86. The van der Waals surface area contributed by atoms with Crippen LogP contribution in [-0.2, 0) is 9.53 Å². The lowest BCUT2D eigenvalue weighted by Gasteiger charge is -2.31. The maximum atomic E-state index is 12.8. The number of carbonyl (C=O) groups is 1. The minimum Gasteiger partial charge on any atom is -0.467 e. The molecule has 0 amide bonds. The van der Waals surface area contributed by atoms with Gasteiger partial charge < -0.3 is 4.74 Å². The van der Waals surface area contributed by atoms with Crippen molar-refractivity contribution in [3.05, 3.63) is 79.9 Å². The normalized spacial score (nSPS) is 25.6. The Bertz CT molecular complexity index is 1030. The zero-order chi connectivity index (χ0) is 21.5. The van der Waals surface area contributed by atoms with Crippen LogP contribution in [0.5, 0.6) is 0 Å².